The summed E-state index contributed by atoms with van der Waals surface area (Å²) in [6.07, 6.45) is 1.75. The summed E-state index contributed by atoms with van der Waals surface area (Å²) in [4.78, 5) is 51.0. The van der Waals surface area contributed by atoms with Crippen LogP contribution in [0.15, 0.2) is 47.1 Å². The van der Waals surface area contributed by atoms with Crippen LogP contribution in [0.25, 0.3) is 0 Å². The molecule has 0 radical (unpaired) electrons. The molecule has 2 aromatic rings. The van der Waals surface area contributed by atoms with Crippen LogP contribution in [0, 0.1) is 0 Å². The van der Waals surface area contributed by atoms with Gasteiger partial charge in [0.25, 0.3) is 11.8 Å². The fraction of sp³-hybridized carbons (Fsp3) is 0.364. The van der Waals surface area contributed by atoms with Crippen LogP contribution in [-0.2, 0) is 19.6 Å². The van der Waals surface area contributed by atoms with Gasteiger partial charge in [-0.2, -0.15) is 4.31 Å². The SMILES string of the molecule is O=C(NCCS(=O)(=O)N1CCN(C(=O)c2ccco2)CC1)c1ccc(N2C(=O)CCC2=O)cc1. The number of imide groups is 1. The Kier molecular flexibility index (Phi) is 6.80. The van der Waals surface area contributed by atoms with Gasteiger partial charge in [0.1, 0.15) is 0 Å². The van der Waals surface area contributed by atoms with E-state index in [0.29, 0.717) is 5.69 Å². The first kappa shape index (κ1) is 23.6. The van der Waals surface area contributed by atoms with E-state index < -0.39 is 15.9 Å². The Morgan fingerprint density at radius 3 is 2.18 bits per heavy atom. The Hall–Kier alpha value is -3.51. The Labute approximate surface area is 196 Å². The molecule has 2 fully saturated rings. The highest BCUT2D eigenvalue weighted by atomic mass is 32.2. The van der Waals surface area contributed by atoms with Gasteiger partial charge in [0.2, 0.25) is 21.8 Å². The van der Waals surface area contributed by atoms with E-state index in [-0.39, 0.29) is 80.4 Å². The number of piperazine rings is 1. The first-order chi connectivity index (χ1) is 16.3. The van der Waals surface area contributed by atoms with Crippen LogP contribution in [-0.4, -0.2) is 79.7 Å². The zero-order chi connectivity index (χ0) is 24.3. The summed E-state index contributed by atoms with van der Waals surface area (Å²) in [6.45, 7) is 0.743. The Morgan fingerprint density at radius 1 is 0.941 bits per heavy atom. The second kappa shape index (κ2) is 9.77. The van der Waals surface area contributed by atoms with Gasteiger partial charge in [-0.3, -0.25) is 24.1 Å². The second-order valence-corrected chi connectivity index (χ2v) is 10.00. The van der Waals surface area contributed by atoms with Gasteiger partial charge in [0, 0.05) is 51.1 Å². The minimum absolute atomic E-state index is 0.0858. The molecule has 0 atom stereocenters. The molecule has 34 heavy (non-hydrogen) atoms. The van der Waals surface area contributed by atoms with Crippen molar-refractivity contribution in [2.75, 3.05) is 43.4 Å². The lowest BCUT2D eigenvalue weighted by Crippen LogP contribution is -2.51. The number of hydrogen-bond acceptors (Lipinski definition) is 7. The summed E-state index contributed by atoms with van der Waals surface area (Å²) >= 11 is 0. The monoisotopic (exact) mass is 488 g/mol. The number of sulfonamides is 1. The van der Waals surface area contributed by atoms with Gasteiger partial charge in [-0.1, -0.05) is 0 Å². The molecular weight excluding hydrogens is 464 g/mol. The largest absolute Gasteiger partial charge is 0.459 e. The molecular formula is C22H24N4O7S. The van der Waals surface area contributed by atoms with Crippen molar-refractivity contribution in [3.8, 4) is 0 Å². The van der Waals surface area contributed by atoms with Crippen LogP contribution in [0.2, 0.25) is 0 Å². The van der Waals surface area contributed by atoms with Gasteiger partial charge in [-0.05, 0) is 36.4 Å². The van der Waals surface area contributed by atoms with Crippen molar-refractivity contribution < 1.29 is 32.0 Å². The molecule has 0 aliphatic carbocycles. The number of anilines is 1. The van der Waals surface area contributed by atoms with Crippen molar-refractivity contribution >= 4 is 39.3 Å². The molecule has 11 nitrogen and oxygen atoms in total. The molecule has 2 aliphatic rings. The van der Waals surface area contributed by atoms with Crippen molar-refractivity contribution in [2.45, 2.75) is 12.8 Å². The molecule has 0 bridgehead atoms. The summed E-state index contributed by atoms with van der Waals surface area (Å²) in [5.74, 6) is -1.36. The first-order valence-corrected chi connectivity index (χ1v) is 12.4. The van der Waals surface area contributed by atoms with Gasteiger partial charge < -0.3 is 14.6 Å². The van der Waals surface area contributed by atoms with Crippen molar-refractivity contribution in [1.82, 2.24) is 14.5 Å². The van der Waals surface area contributed by atoms with Gasteiger partial charge in [0.15, 0.2) is 5.76 Å². The van der Waals surface area contributed by atoms with Crippen LogP contribution in [0.1, 0.15) is 33.8 Å². The normalized spacial score (nSPS) is 17.3. The number of furan rings is 1. The predicted molar refractivity (Wildman–Crippen MR) is 120 cm³/mol. The number of benzene rings is 1. The smallest absolute Gasteiger partial charge is 0.289 e. The van der Waals surface area contributed by atoms with E-state index in [4.69, 9.17) is 4.42 Å². The van der Waals surface area contributed by atoms with Crippen LogP contribution < -0.4 is 10.2 Å². The van der Waals surface area contributed by atoms with Crippen molar-refractivity contribution in [3.05, 3.63) is 54.0 Å². The molecule has 2 aliphatic heterocycles. The maximum absolute atomic E-state index is 12.6. The van der Waals surface area contributed by atoms with Crippen LogP contribution in [0.4, 0.5) is 5.69 Å². The lowest BCUT2D eigenvalue weighted by atomic mass is 10.2. The van der Waals surface area contributed by atoms with Crippen molar-refractivity contribution in [1.29, 1.82) is 0 Å². The quantitative estimate of drug-likeness (QED) is 0.559. The Morgan fingerprint density at radius 2 is 1.59 bits per heavy atom. The highest BCUT2D eigenvalue weighted by Gasteiger charge is 2.31. The second-order valence-electron chi connectivity index (χ2n) is 7.91. The molecule has 0 unspecified atom stereocenters. The summed E-state index contributed by atoms with van der Waals surface area (Å²) < 4.78 is 31.7. The third kappa shape index (κ3) is 5.02. The van der Waals surface area contributed by atoms with E-state index >= 15 is 0 Å². The maximum Gasteiger partial charge on any atom is 0.289 e. The molecule has 0 spiro atoms. The number of rotatable bonds is 7. The Bertz CT molecular complexity index is 1170. The summed E-state index contributed by atoms with van der Waals surface area (Å²) in [5, 5.41) is 2.58. The topological polar surface area (TPSA) is 137 Å². The standard InChI is InChI=1S/C22H24N4O7S/c27-19-7-8-20(28)26(19)17-5-3-16(4-6-17)21(29)23-9-15-34(31,32)25-12-10-24(11-13-25)22(30)18-2-1-14-33-18/h1-6,14H,7-13,15H2,(H,23,29). The fourth-order valence-corrected chi connectivity index (χ4v) is 5.21. The van der Waals surface area contributed by atoms with Gasteiger partial charge in [-0.25, -0.2) is 8.42 Å². The molecule has 1 aromatic carbocycles. The lowest BCUT2D eigenvalue weighted by molar-refractivity contribution is -0.121. The molecule has 4 rings (SSSR count). The molecule has 4 amide bonds. The highest BCUT2D eigenvalue weighted by molar-refractivity contribution is 7.89. The zero-order valence-electron chi connectivity index (χ0n) is 18.3. The van der Waals surface area contributed by atoms with E-state index in [0.717, 1.165) is 4.90 Å². The van der Waals surface area contributed by atoms with Gasteiger partial charge in [0.05, 0.1) is 17.7 Å². The number of nitrogens with zero attached hydrogens (tertiary/aromatic N) is 3. The molecule has 12 heteroatoms. The number of hydrogen-bond donors (Lipinski definition) is 1. The minimum atomic E-state index is -3.62. The molecule has 3 heterocycles. The zero-order valence-corrected chi connectivity index (χ0v) is 19.1. The van der Waals surface area contributed by atoms with Crippen LogP contribution in [0.5, 0.6) is 0 Å². The number of carbonyl (C=O) groups is 4. The highest BCUT2D eigenvalue weighted by Crippen LogP contribution is 2.22. The maximum atomic E-state index is 12.6. The summed E-state index contributed by atoms with van der Waals surface area (Å²) in [7, 11) is -3.62. The molecule has 0 saturated carbocycles. The first-order valence-electron chi connectivity index (χ1n) is 10.8. The van der Waals surface area contributed by atoms with E-state index in [1.807, 2.05) is 0 Å². The molecule has 1 N–H and O–H groups in total. The van der Waals surface area contributed by atoms with Gasteiger partial charge in [-0.15, -0.1) is 0 Å². The van der Waals surface area contributed by atoms with Gasteiger partial charge >= 0.3 is 0 Å². The Balaban J connectivity index is 1.25. The minimum Gasteiger partial charge on any atom is -0.459 e. The van der Waals surface area contributed by atoms with Crippen LogP contribution in [0.3, 0.4) is 0 Å². The number of amides is 4. The van der Waals surface area contributed by atoms with Crippen LogP contribution >= 0.6 is 0 Å². The average molecular weight is 489 g/mol. The fourth-order valence-electron chi connectivity index (χ4n) is 3.88. The molecule has 2 saturated heterocycles. The van der Waals surface area contributed by atoms with E-state index in [1.165, 1.54) is 34.8 Å². The van der Waals surface area contributed by atoms with E-state index in [1.54, 1.807) is 17.0 Å². The van der Waals surface area contributed by atoms with Crippen molar-refractivity contribution in [2.24, 2.45) is 0 Å². The summed E-state index contributed by atoms with van der Waals surface area (Å²) in [5.41, 5.74) is 0.682. The lowest BCUT2D eigenvalue weighted by Gasteiger charge is -2.33. The molecule has 180 valence electrons. The third-order valence-corrected chi connectivity index (χ3v) is 7.61. The molecule has 1 aromatic heterocycles. The van der Waals surface area contributed by atoms with Crippen molar-refractivity contribution in [3.63, 3.8) is 0 Å². The average Bonchev–Trinajstić information content (AvgIpc) is 3.49. The van der Waals surface area contributed by atoms with E-state index in [9.17, 15) is 27.6 Å². The number of carbonyl (C=O) groups excluding carboxylic acids is 4. The predicted octanol–water partition coefficient (Wildman–Crippen LogP) is 0.451. The third-order valence-electron chi connectivity index (χ3n) is 5.74. The summed E-state index contributed by atoms with van der Waals surface area (Å²) in [6, 6.07) is 9.16. The van der Waals surface area contributed by atoms with E-state index in [2.05, 4.69) is 5.32 Å². The number of nitrogens with one attached hydrogen (secondary N) is 1.